The molecule has 0 aliphatic rings. The lowest BCUT2D eigenvalue weighted by molar-refractivity contribution is -0.149. The Morgan fingerprint density at radius 2 is 0.613 bits per heavy atom. The maximum Gasteiger partial charge on any atom is 0.323 e. The molecule has 0 amide bonds. The van der Waals surface area contributed by atoms with Crippen LogP contribution in [0.5, 0.6) is 0 Å². The molecule has 1 N–H and O–H groups in total. The van der Waals surface area contributed by atoms with Crippen LogP contribution < -0.4 is 5.32 Å². The van der Waals surface area contributed by atoms with E-state index in [4.69, 9.17) is 9.47 Å². The average Bonchev–Trinajstić information content (AvgIpc) is 3.28. The first-order chi connectivity index (χ1) is 30.5. The summed E-state index contributed by atoms with van der Waals surface area (Å²) >= 11 is 0. The average molecular weight is 877 g/mol. The zero-order valence-corrected chi connectivity index (χ0v) is 43.1. The van der Waals surface area contributed by atoms with Crippen molar-refractivity contribution in [2.24, 2.45) is 11.8 Å². The number of hydrogen-bond donors (Lipinski definition) is 1. The minimum atomic E-state index is -0.449. The van der Waals surface area contributed by atoms with Crippen LogP contribution in [0.3, 0.4) is 0 Å². The number of nitrogens with one attached hydrogen (secondary N) is 1. The summed E-state index contributed by atoms with van der Waals surface area (Å²) in [6.45, 7) is 13.3. The molecule has 0 aromatic heterocycles. The van der Waals surface area contributed by atoms with Crippen molar-refractivity contribution in [3.8, 4) is 0 Å². The van der Waals surface area contributed by atoms with Crippen molar-refractivity contribution in [1.29, 1.82) is 0 Å². The third-order valence-electron chi connectivity index (χ3n) is 13.6. The molecule has 0 bridgehead atoms. The van der Waals surface area contributed by atoms with Crippen LogP contribution in [0.15, 0.2) is 0 Å². The minimum absolute atomic E-state index is 0.150. The van der Waals surface area contributed by atoms with Crippen LogP contribution in [-0.4, -0.2) is 37.7 Å². The second kappa shape index (κ2) is 50.9. The Bertz CT molecular complexity index is 894. The number of carbonyl (C=O) groups is 2. The van der Waals surface area contributed by atoms with Gasteiger partial charge < -0.3 is 14.8 Å². The maximum atomic E-state index is 13.8. The van der Waals surface area contributed by atoms with E-state index >= 15 is 0 Å². The molecule has 370 valence electrons. The third-order valence-corrected chi connectivity index (χ3v) is 13.6. The monoisotopic (exact) mass is 876 g/mol. The Kier molecular flexibility index (Phi) is 50.0. The molecular formula is C57H113NO4. The first kappa shape index (κ1) is 60.9. The fraction of sp³-hybridized carbons (Fsp3) is 0.965. The zero-order valence-electron chi connectivity index (χ0n) is 43.1. The van der Waals surface area contributed by atoms with Gasteiger partial charge in [0.05, 0.1) is 13.2 Å². The van der Waals surface area contributed by atoms with E-state index in [2.05, 4.69) is 39.9 Å². The van der Waals surface area contributed by atoms with Gasteiger partial charge in [0.15, 0.2) is 0 Å². The smallest absolute Gasteiger partial charge is 0.323 e. The predicted octanol–water partition coefficient (Wildman–Crippen LogP) is 18.5. The highest BCUT2D eigenvalue weighted by atomic mass is 16.5. The third kappa shape index (κ3) is 44.1. The van der Waals surface area contributed by atoms with E-state index in [0.717, 1.165) is 38.6 Å². The molecule has 0 saturated heterocycles. The van der Waals surface area contributed by atoms with E-state index in [1.807, 2.05) is 0 Å². The molecule has 3 atom stereocenters. The van der Waals surface area contributed by atoms with Crippen molar-refractivity contribution < 1.29 is 19.1 Å². The topological polar surface area (TPSA) is 64.6 Å². The summed E-state index contributed by atoms with van der Waals surface area (Å²) in [7, 11) is 0. The van der Waals surface area contributed by atoms with Gasteiger partial charge in [-0.05, 0) is 56.9 Å². The molecule has 0 aliphatic carbocycles. The van der Waals surface area contributed by atoms with Gasteiger partial charge in [-0.15, -0.1) is 0 Å². The molecule has 2 unspecified atom stereocenters. The SMILES string of the molecule is CCCCCCCCCCCCN[C@H](CCC(=O)OCC(CCCCCCCC)CCCCCCCCCC)C(=O)OCC(CCCCCCCC)CCCCCCCCCC. The van der Waals surface area contributed by atoms with Gasteiger partial charge in [-0.3, -0.25) is 9.59 Å². The van der Waals surface area contributed by atoms with Crippen LogP contribution in [0.4, 0.5) is 0 Å². The number of carbonyl (C=O) groups excluding carboxylic acids is 2. The molecule has 0 radical (unpaired) electrons. The van der Waals surface area contributed by atoms with Crippen LogP contribution in [0.25, 0.3) is 0 Å². The summed E-state index contributed by atoms with van der Waals surface area (Å²) in [6, 6.07) is -0.449. The summed E-state index contributed by atoms with van der Waals surface area (Å²) < 4.78 is 12.2. The van der Waals surface area contributed by atoms with E-state index in [0.29, 0.717) is 31.5 Å². The van der Waals surface area contributed by atoms with Crippen LogP contribution in [-0.2, 0) is 19.1 Å². The number of esters is 2. The van der Waals surface area contributed by atoms with Crippen molar-refractivity contribution in [2.45, 2.75) is 323 Å². The minimum Gasteiger partial charge on any atom is -0.465 e. The van der Waals surface area contributed by atoms with Crippen LogP contribution in [0.2, 0.25) is 0 Å². The number of unbranched alkanes of at least 4 members (excludes halogenated alkanes) is 33. The number of rotatable bonds is 52. The van der Waals surface area contributed by atoms with Gasteiger partial charge in [-0.2, -0.15) is 0 Å². The van der Waals surface area contributed by atoms with E-state index in [-0.39, 0.29) is 18.4 Å². The second-order valence-corrected chi connectivity index (χ2v) is 19.9. The molecule has 5 nitrogen and oxygen atoms in total. The largest absolute Gasteiger partial charge is 0.465 e. The fourth-order valence-electron chi connectivity index (χ4n) is 9.22. The lowest BCUT2D eigenvalue weighted by atomic mass is 9.94. The Morgan fingerprint density at radius 1 is 0.339 bits per heavy atom. The normalized spacial score (nSPS) is 13.0. The van der Waals surface area contributed by atoms with Gasteiger partial charge in [0.2, 0.25) is 0 Å². The van der Waals surface area contributed by atoms with Crippen LogP contribution in [0.1, 0.15) is 317 Å². The molecule has 62 heavy (non-hydrogen) atoms. The van der Waals surface area contributed by atoms with Crippen molar-refractivity contribution in [3.05, 3.63) is 0 Å². The zero-order chi connectivity index (χ0) is 45.2. The van der Waals surface area contributed by atoms with E-state index < -0.39 is 6.04 Å². The Labute approximate surface area is 389 Å². The van der Waals surface area contributed by atoms with E-state index in [9.17, 15) is 9.59 Å². The molecular weight excluding hydrogens is 763 g/mol. The van der Waals surface area contributed by atoms with Crippen molar-refractivity contribution in [2.75, 3.05) is 19.8 Å². The molecule has 0 heterocycles. The van der Waals surface area contributed by atoms with Gasteiger partial charge in [0, 0.05) is 6.42 Å². The predicted molar refractivity (Wildman–Crippen MR) is 272 cm³/mol. The highest BCUT2D eigenvalue weighted by molar-refractivity contribution is 5.77. The van der Waals surface area contributed by atoms with Gasteiger partial charge in [0.25, 0.3) is 0 Å². The highest BCUT2D eigenvalue weighted by Gasteiger charge is 2.23. The molecule has 0 aliphatic heterocycles. The van der Waals surface area contributed by atoms with Crippen molar-refractivity contribution in [3.63, 3.8) is 0 Å². The standard InChI is InChI=1S/C57H113NO4/c1-6-11-16-21-26-29-30-33-38-43-50-58-55(57(60)62-52-54(46-40-35-25-20-15-10-5)47-42-37-32-28-23-18-13-8-3)48-49-56(59)61-51-53(44-39-34-24-19-14-9-4)45-41-36-31-27-22-17-12-7-2/h53-55,58H,6-52H2,1-5H3/t53?,54?,55-/m1/s1. The summed E-state index contributed by atoms with van der Waals surface area (Å²) in [5.74, 6) is 0.569. The van der Waals surface area contributed by atoms with E-state index in [1.54, 1.807) is 0 Å². The Morgan fingerprint density at radius 3 is 0.935 bits per heavy atom. The lowest BCUT2D eigenvalue weighted by Gasteiger charge is -2.21. The van der Waals surface area contributed by atoms with Gasteiger partial charge in [0.1, 0.15) is 6.04 Å². The Hall–Kier alpha value is -1.10. The van der Waals surface area contributed by atoms with E-state index in [1.165, 1.54) is 238 Å². The summed E-state index contributed by atoms with van der Waals surface area (Å²) in [5, 5.41) is 3.56. The summed E-state index contributed by atoms with van der Waals surface area (Å²) in [4.78, 5) is 27.1. The highest BCUT2D eigenvalue weighted by Crippen LogP contribution is 2.23. The van der Waals surface area contributed by atoms with Gasteiger partial charge in [-0.1, -0.05) is 272 Å². The molecule has 5 heteroatoms. The quantitative estimate of drug-likeness (QED) is 0.0487. The lowest BCUT2D eigenvalue weighted by Crippen LogP contribution is -2.39. The summed E-state index contributed by atoms with van der Waals surface area (Å²) in [6.07, 6.45) is 55.1. The molecule has 0 fully saturated rings. The van der Waals surface area contributed by atoms with Gasteiger partial charge in [-0.25, -0.2) is 0 Å². The molecule has 0 aromatic carbocycles. The van der Waals surface area contributed by atoms with Crippen molar-refractivity contribution >= 4 is 11.9 Å². The Balaban J connectivity index is 5.27. The van der Waals surface area contributed by atoms with Crippen LogP contribution in [0, 0.1) is 11.8 Å². The molecule has 0 rings (SSSR count). The second-order valence-electron chi connectivity index (χ2n) is 19.9. The first-order valence-electron chi connectivity index (χ1n) is 28.6. The maximum absolute atomic E-state index is 13.8. The number of ether oxygens (including phenoxy) is 2. The number of hydrogen-bond acceptors (Lipinski definition) is 5. The molecule has 0 aromatic rings. The molecule has 0 saturated carbocycles. The van der Waals surface area contributed by atoms with Gasteiger partial charge >= 0.3 is 11.9 Å². The van der Waals surface area contributed by atoms with Crippen molar-refractivity contribution in [1.82, 2.24) is 5.32 Å². The molecule has 0 spiro atoms. The first-order valence-corrected chi connectivity index (χ1v) is 28.6. The fourth-order valence-corrected chi connectivity index (χ4v) is 9.22. The summed E-state index contributed by atoms with van der Waals surface area (Å²) in [5.41, 5.74) is 0. The van der Waals surface area contributed by atoms with Crippen LogP contribution >= 0.6 is 0 Å².